The van der Waals surface area contributed by atoms with E-state index in [1.165, 1.54) is 31.2 Å². The van der Waals surface area contributed by atoms with Crippen LogP contribution in [-0.4, -0.2) is 37.2 Å². The van der Waals surface area contributed by atoms with Crippen LogP contribution in [0.2, 0.25) is 0 Å². The maximum atomic E-state index is 11.7. The van der Waals surface area contributed by atoms with Crippen molar-refractivity contribution >= 4 is 16.0 Å². The van der Waals surface area contributed by atoms with Gasteiger partial charge >= 0.3 is 5.97 Å². The molecule has 100 valence electrons. The van der Waals surface area contributed by atoms with Crippen molar-refractivity contribution in [2.45, 2.75) is 24.3 Å². The molecule has 1 aromatic rings. The van der Waals surface area contributed by atoms with Crippen LogP contribution in [0.4, 0.5) is 0 Å². The van der Waals surface area contributed by atoms with Crippen LogP contribution in [-0.2, 0) is 21.2 Å². The fraction of sp³-hybridized carbons (Fsp3) is 0.364. The molecule has 0 bridgehead atoms. The van der Waals surface area contributed by atoms with E-state index in [1.54, 1.807) is 0 Å². The van der Waals surface area contributed by atoms with E-state index >= 15 is 0 Å². The number of carboxylic acids is 1. The van der Waals surface area contributed by atoms with Gasteiger partial charge in [0.05, 0.1) is 17.4 Å². The van der Waals surface area contributed by atoms with E-state index in [2.05, 4.69) is 4.72 Å². The second-order valence-corrected chi connectivity index (χ2v) is 5.68. The lowest BCUT2D eigenvalue weighted by Crippen LogP contribution is -2.30. The normalized spacial score (nSPS) is 13.2. The molecule has 1 aromatic carbocycles. The fourth-order valence-corrected chi connectivity index (χ4v) is 2.40. The summed E-state index contributed by atoms with van der Waals surface area (Å²) in [6.07, 6.45) is -0.924. The Labute approximate surface area is 105 Å². The number of aliphatic hydroxyl groups excluding tert-OH is 1. The van der Waals surface area contributed by atoms with Crippen LogP contribution in [0.1, 0.15) is 12.5 Å². The maximum Gasteiger partial charge on any atom is 0.307 e. The van der Waals surface area contributed by atoms with E-state index in [-0.39, 0.29) is 17.9 Å². The summed E-state index contributed by atoms with van der Waals surface area (Å²) < 4.78 is 25.7. The number of sulfonamides is 1. The third kappa shape index (κ3) is 4.44. The van der Waals surface area contributed by atoms with Crippen LogP contribution in [0, 0.1) is 0 Å². The Bertz CT molecular complexity index is 507. The lowest BCUT2D eigenvalue weighted by molar-refractivity contribution is -0.136. The van der Waals surface area contributed by atoms with Crippen molar-refractivity contribution in [1.29, 1.82) is 0 Å². The van der Waals surface area contributed by atoms with E-state index in [1.807, 2.05) is 0 Å². The standard InChI is InChI=1S/C11H15NO5S/c1-8(13)7-12-18(16,17)10-4-2-9(3-5-10)6-11(14)15/h2-5,8,12-13H,6-7H2,1H3,(H,14,15)/t8-/m0/s1. The van der Waals surface area contributed by atoms with Gasteiger partial charge in [-0.05, 0) is 24.6 Å². The van der Waals surface area contributed by atoms with Crippen LogP contribution in [0.15, 0.2) is 29.2 Å². The number of aliphatic hydroxyl groups is 1. The highest BCUT2D eigenvalue weighted by Gasteiger charge is 2.14. The SMILES string of the molecule is C[C@H](O)CNS(=O)(=O)c1ccc(CC(=O)O)cc1. The molecule has 0 radical (unpaired) electrons. The highest BCUT2D eigenvalue weighted by molar-refractivity contribution is 7.89. The number of nitrogens with one attached hydrogen (secondary N) is 1. The van der Waals surface area contributed by atoms with Crippen molar-refractivity contribution in [2.24, 2.45) is 0 Å². The average molecular weight is 273 g/mol. The van der Waals surface area contributed by atoms with E-state index in [0.717, 1.165) is 0 Å². The zero-order valence-corrected chi connectivity index (χ0v) is 10.6. The molecule has 0 saturated carbocycles. The van der Waals surface area contributed by atoms with Crippen molar-refractivity contribution < 1.29 is 23.4 Å². The molecule has 3 N–H and O–H groups in total. The van der Waals surface area contributed by atoms with Gasteiger partial charge in [0.15, 0.2) is 0 Å². The summed E-state index contributed by atoms with van der Waals surface area (Å²) in [7, 11) is -3.66. The minimum absolute atomic E-state index is 0.0392. The summed E-state index contributed by atoms with van der Waals surface area (Å²) >= 11 is 0. The number of benzene rings is 1. The largest absolute Gasteiger partial charge is 0.481 e. The highest BCUT2D eigenvalue weighted by atomic mass is 32.2. The number of hydrogen-bond donors (Lipinski definition) is 3. The molecule has 0 aromatic heterocycles. The van der Waals surface area contributed by atoms with Gasteiger partial charge in [-0.2, -0.15) is 0 Å². The van der Waals surface area contributed by atoms with Crippen molar-refractivity contribution in [3.63, 3.8) is 0 Å². The van der Waals surface area contributed by atoms with Gasteiger partial charge in [0.2, 0.25) is 10.0 Å². The Hall–Kier alpha value is -1.44. The summed E-state index contributed by atoms with van der Waals surface area (Å²) in [6.45, 7) is 1.40. The predicted octanol–water partition coefficient (Wildman–Crippen LogP) is -0.0272. The molecule has 1 rings (SSSR count). The van der Waals surface area contributed by atoms with E-state index in [4.69, 9.17) is 10.2 Å². The molecule has 0 fully saturated rings. The number of rotatable bonds is 6. The first-order valence-electron chi connectivity index (χ1n) is 5.30. The Morgan fingerprint density at radius 3 is 2.33 bits per heavy atom. The van der Waals surface area contributed by atoms with Crippen LogP contribution in [0.3, 0.4) is 0 Å². The molecule has 1 atom stereocenters. The minimum atomic E-state index is -3.66. The molecule has 0 heterocycles. The van der Waals surface area contributed by atoms with Crippen molar-refractivity contribution in [1.82, 2.24) is 4.72 Å². The van der Waals surface area contributed by atoms with Gasteiger partial charge in [0.25, 0.3) is 0 Å². The third-order valence-corrected chi connectivity index (χ3v) is 3.60. The molecule has 18 heavy (non-hydrogen) atoms. The molecule has 0 aliphatic heterocycles. The number of aliphatic carboxylic acids is 1. The maximum absolute atomic E-state index is 11.7. The van der Waals surface area contributed by atoms with Crippen molar-refractivity contribution in [2.75, 3.05) is 6.54 Å². The van der Waals surface area contributed by atoms with Crippen LogP contribution < -0.4 is 4.72 Å². The van der Waals surface area contributed by atoms with Gasteiger partial charge in [-0.15, -0.1) is 0 Å². The summed E-state index contributed by atoms with van der Waals surface area (Å²) in [5.41, 5.74) is 0.525. The van der Waals surface area contributed by atoms with Gasteiger partial charge in [-0.3, -0.25) is 4.79 Å². The zero-order valence-electron chi connectivity index (χ0n) is 9.83. The summed E-state index contributed by atoms with van der Waals surface area (Å²) in [5.74, 6) is -0.974. The summed E-state index contributed by atoms with van der Waals surface area (Å²) in [5, 5.41) is 17.6. The first-order valence-corrected chi connectivity index (χ1v) is 6.78. The smallest absolute Gasteiger partial charge is 0.307 e. The second-order valence-electron chi connectivity index (χ2n) is 3.92. The summed E-state index contributed by atoms with van der Waals surface area (Å²) in [4.78, 5) is 10.5. The van der Waals surface area contributed by atoms with Crippen LogP contribution in [0.25, 0.3) is 0 Å². The van der Waals surface area contributed by atoms with Crippen LogP contribution >= 0.6 is 0 Å². The Morgan fingerprint density at radius 2 is 1.89 bits per heavy atom. The Kier molecular flexibility index (Phi) is 4.83. The lowest BCUT2D eigenvalue weighted by Gasteiger charge is -2.08. The third-order valence-electron chi connectivity index (χ3n) is 2.16. The van der Waals surface area contributed by atoms with Crippen LogP contribution in [0.5, 0.6) is 0 Å². The zero-order chi connectivity index (χ0) is 13.8. The monoisotopic (exact) mass is 273 g/mol. The second kappa shape index (κ2) is 5.94. The van der Waals surface area contributed by atoms with E-state index in [0.29, 0.717) is 5.56 Å². The quantitative estimate of drug-likeness (QED) is 0.675. The molecule has 0 spiro atoms. The van der Waals surface area contributed by atoms with Gasteiger partial charge in [-0.1, -0.05) is 12.1 Å². The topological polar surface area (TPSA) is 104 Å². The molecule has 0 saturated heterocycles. The molecule has 0 unspecified atom stereocenters. The molecule has 0 aliphatic carbocycles. The van der Waals surface area contributed by atoms with Crippen molar-refractivity contribution in [3.05, 3.63) is 29.8 Å². The van der Waals surface area contributed by atoms with E-state index in [9.17, 15) is 13.2 Å². The predicted molar refractivity (Wildman–Crippen MR) is 64.7 cm³/mol. The number of hydrogen-bond acceptors (Lipinski definition) is 4. The first-order chi connectivity index (χ1) is 8.31. The molecular formula is C11H15NO5S. The first kappa shape index (κ1) is 14.6. The van der Waals surface area contributed by atoms with Gasteiger partial charge in [0, 0.05) is 6.54 Å². The number of carbonyl (C=O) groups is 1. The Morgan fingerprint density at radius 1 is 1.33 bits per heavy atom. The molecular weight excluding hydrogens is 258 g/mol. The summed E-state index contributed by atoms with van der Waals surface area (Å²) in [6, 6.07) is 5.57. The molecule has 0 aliphatic rings. The molecule has 7 heteroatoms. The van der Waals surface area contributed by atoms with Crippen molar-refractivity contribution in [3.8, 4) is 0 Å². The minimum Gasteiger partial charge on any atom is -0.481 e. The highest BCUT2D eigenvalue weighted by Crippen LogP contribution is 2.11. The fourth-order valence-electron chi connectivity index (χ4n) is 1.27. The molecule has 6 nitrogen and oxygen atoms in total. The van der Waals surface area contributed by atoms with Gasteiger partial charge in [-0.25, -0.2) is 13.1 Å². The van der Waals surface area contributed by atoms with Gasteiger partial charge in [0.1, 0.15) is 0 Å². The number of carboxylic acid groups (broad SMARTS) is 1. The Balaban J connectivity index is 2.81. The molecule has 0 amide bonds. The van der Waals surface area contributed by atoms with Gasteiger partial charge < -0.3 is 10.2 Å². The lowest BCUT2D eigenvalue weighted by atomic mass is 10.2. The average Bonchev–Trinajstić information content (AvgIpc) is 2.26. The van der Waals surface area contributed by atoms with E-state index < -0.39 is 22.1 Å².